The van der Waals surface area contributed by atoms with Gasteiger partial charge in [-0.25, -0.2) is 0 Å². The Labute approximate surface area is 257 Å². The number of hydrogen-bond donors (Lipinski definition) is 1. The van der Waals surface area contributed by atoms with Crippen LogP contribution in [0.5, 0.6) is 11.5 Å². The zero-order valence-corrected chi connectivity index (χ0v) is 25.3. The van der Waals surface area contributed by atoms with E-state index in [9.17, 15) is 14.7 Å². The van der Waals surface area contributed by atoms with E-state index in [1.165, 1.54) is 28.0 Å². The fourth-order valence-electron chi connectivity index (χ4n) is 4.48. The molecule has 216 valence electrons. The molecule has 42 heavy (non-hydrogen) atoms. The van der Waals surface area contributed by atoms with Crippen molar-refractivity contribution in [1.82, 2.24) is 10.2 Å². The van der Waals surface area contributed by atoms with Crippen molar-refractivity contribution >= 4 is 57.3 Å². The van der Waals surface area contributed by atoms with Crippen LogP contribution in [-0.2, 0) is 15.3 Å². The molecule has 0 radical (unpaired) electrons. The lowest BCUT2D eigenvalue weighted by Crippen LogP contribution is -2.29. The molecule has 1 unspecified atom stereocenters. The molecule has 1 aliphatic heterocycles. The Morgan fingerprint density at radius 3 is 2.52 bits per heavy atom. The lowest BCUT2D eigenvalue weighted by molar-refractivity contribution is -0.132. The normalized spacial score (nSPS) is 16.2. The van der Waals surface area contributed by atoms with Crippen molar-refractivity contribution in [2.24, 2.45) is 0 Å². The van der Waals surface area contributed by atoms with Gasteiger partial charge in [0.2, 0.25) is 5.13 Å². The first-order valence-electron chi connectivity index (χ1n) is 13.4. The third-order valence-corrected chi connectivity index (χ3v) is 8.91. The molecule has 8 nitrogen and oxygen atoms in total. The SMILES string of the molecule is CCCOc1ccc(/C(O)=C2\C(=O)C(=O)N(c3nnc(SCc4ccccc4Cl)s3)C2c2cccc(OCC)c2)cc1. The number of aliphatic hydroxyl groups excluding tert-OH is 1. The third kappa shape index (κ3) is 6.30. The Bertz CT molecular complexity index is 1620. The van der Waals surface area contributed by atoms with Crippen LogP contribution in [0.2, 0.25) is 5.02 Å². The summed E-state index contributed by atoms with van der Waals surface area (Å²) in [6.45, 7) is 4.89. The average Bonchev–Trinajstić information content (AvgIpc) is 3.57. The number of halogens is 1. The molecule has 4 aromatic rings. The van der Waals surface area contributed by atoms with Crippen molar-refractivity contribution in [3.63, 3.8) is 0 Å². The molecule has 1 aliphatic rings. The van der Waals surface area contributed by atoms with E-state index >= 15 is 0 Å². The number of thioether (sulfide) groups is 1. The number of amides is 1. The zero-order chi connectivity index (χ0) is 29.6. The Morgan fingerprint density at radius 1 is 1.00 bits per heavy atom. The number of hydrogen-bond acceptors (Lipinski definition) is 9. The summed E-state index contributed by atoms with van der Waals surface area (Å²) in [4.78, 5) is 28.4. The van der Waals surface area contributed by atoms with E-state index < -0.39 is 17.7 Å². The maximum atomic E-state index is 13.5. The molecule has 1 N–H and O–H groups in total. The molecule has 2 heterocycles. The maximum Gasteiger partial charge on any atom is 0.301 e. The number of carbonyl (C=O) groups excluding carboxylic acids is 2. The molecule has 1 saturated heterocycles. The van der Waals surface area contributed by atoms with Crippen LogP contribution in [0.3, 0.4) is 0 Å². The number of ketones is 1. The number of Topliss-reactive ketones (excluding diaryl/α,β-unsaturated/α-hetero) is 1. The molecule has 1 amide bonds. The number of ether oxygens (including phenoxy) is 2. The molecule has 5 rings (SSSR count). The summed E-state index contributed by atoms with van der Waals surface area (Å²) < 4.78 is 11.9. The van der Waals surface area contributed by atoms with Crippen molar-refractivity contribution in [3.05, 3.63) is 100 Å². The minimum atomic E-state index is -0.948. The van der Waals surface area contributed by atoms with Crippen molar-refractivity contribution in [2.45, 2.75) is 36.4 Å². The molecule has 3 aromatic carbocycles. The zero-order valence-electron chi connectivity index (χ0n) is 23.0. The molecular formula is C31H28ClN3O5S2. The first-order valence-corrected chi connectivity index (χ1v) is 15.6. The minimum Gasteiger partial charge on any atom is -0.507 e. The van der Waals surface area contributed by atoms with Crippen LogP contribution < -0.4 is 14.4 Å². The van der Waals surface area contributed by atoms with Gasteiger partial charge in [-0.3, -0.25) is 14.5 Å². The van der Waals surface area contributed by atoms with Gasteiger partial charge in [0.1, 0.15) is 17.3 Å². The number of rotatable bonds is 11. The molecule has 0 saturated carbocycles. The molecule has 0 spiro atoms. The third-order valence-electron chi connectivity index (χ3n) is 6.44. The van der Waals surface area contributed by atoms with Gasteiger partial charge in [-0.1, -0.05) is 72.0 Å². The van der Waals surface area contributed by atoms with Crippen molar-refractivity contribution < 1.29 is 24.2 Å². The lowest BCUT2D eigenvalue weighted by atomic mass is 9.95. The Morgan fingerprint density at radius 2 is 1.79 bits per heavy atom. The predicted octanol–water partition coefficient (Wildman–Crippen LogP) is 7.30. The summed E-state index contributed by atoms with van der Waals surface area (Å²) in [5.41, 5.74) is 1.87. The summed E-state index contributed by atoms with van der Waals surface area (Å²) in [6, 6.07) is 20.5. The second-order valence-electron chi connectivity index (χ2n) is 9.28. The van der Waals surface area contributed by atoms with E-state index in [2.05, 4.69) is 10.2 Å². The summed E-state index contributed by atoms with van der Waals surface area (Å²) in [5, 5.41) is 20.9. The largest absolute Gasteiger partial charge is 0.507 e. The highest BCUT2D eigenvalue weighted by atomic mass is 35.5. The number of anilines is 1. The van der Waals surface area contributed by atoms with Gasteiger partial charge in [-0.15, -0.1) is 10.2 Å². The van der Waals surface area contributed by atoms with E-state index in [0.29, 0.717) is 51.0 Å². The highest BCUT2D eigenvalue weighted by Gasteiger charge is 2.48. The van der Waals surface area contributed by atoms with Crippen LogP contribution in [0, 0.1) is 0 Å². The topological polar surface area (TPSA) is 102 Å². The minimum absolute atomic E-state index is 0.0451. The highest BCUT2D eigenvalue weighted by Crippen LogP contribution is 2.44. The average molecular weight is 622 g/mol. The number of carbonyl (C=O) groups is 2. The van der Waals surface area contributed by atoms with E-state index in [1.54, 1.807) is 48.5 Å². The van der Waals surface area contributed by atoms with Crippen LogP contribution >= 0.6 is 34.7 Å². The van der Waals surface area contributed by atoms with E-state index in [-0.39, 0.29) is 16.5 Å². The molecule has 1 fully saturated rings. The van der Waals surface area contributed by atoms with E-state index in [4.69, 9.17) is 21.1 Å². The van der Waals surface area contributed by atoms with Gasteiger partial charge in [-0.05, 0) is 66.9 Å². The van der Waals surface area contributed by atoms with Crippen LogP contribution in [0.4, 0.5) is 5.13 Å². The number of aliphatic hydroxyl groups is 1. The van der Waals surface area contributed by atoms with Crippen LogP contribution in [0.25, 0.3) is 5.76 Å². The maximum absolute atomic E-state index is 13.5. The molecule has 0 aliphatic carbocycles. The summed E-state index contributed by atoms with van der Waals surface area (Å²) >= 11 is 8.92. The van der Waals surface area contributed by atoms with Gasteiger partial charge in [0.05, 0.1) is 24.8 Å². The number of nitrogens with zero attached hydrogens (tertiary/aromatic N) is 3. The Balaban J connectivity index is 1.53. The highest BCUT2D eigenvalue weighted by molar-refractivity contribution is 8.00. The fourth-order valence-corrected chi connectivity index (χ4v) is 6.64. The molecule has 1 aromatic heterocycles. The number of benzene rings is 3. The van der Waals surface area contributed by atoms with Crippen LogP contribution in [-0.4, -0.2) is 40.2 Å². The first kappa shape index (κ1) is 29.6. The van der Waals surface area contributed by atoms with Gasteiger partial charge in [-0.2, -0.15) is 0 Å². The molecule has 1 atom stereocenters. The Hall–Kier alpha value is -3.86. The second-order valence-corrected chi connectivity index (χ2v) is 11.9. The molecule has 0 bridgehead atoms. The van der Waals surface area contributed by atoms with Crippen molar-refractivity contribution in [2.75, 3.05) is 18.1 Å². The fraction of sp³-hybridized carbons (Fsp3) is 0.226. The summed E-state index contributed by atoms with van der Waals surface area (Å²) in [7, 11) is 0. The van der Waals surface area contributed by atoms with Gasteiger partial charge < -0.3 is 14.6 Å². The second kappa shape index (κ2) is 13.4. The lowest BCUT2D eigenvalue weighted by Gasteiger charge is -2.23. The standard InChI is InChI=1S/C31H28ClN3O5S2/c1-3-16-40-22-14-12-19(13-15-22)27(36)25-26(20-9-7-10-23(17-20)39-4-2)35(29(38)28(25)37)30-33-34-31(42-30)41-18-21-8-5-6-11-24(21)32/h5-15,17,26,36H,3-4,16,18H2,1-2H3/b27-25+. The number of aromatic nitrogens is 2. The monoisotopic (exact) mass is 621 g/mol. The van der Waals surface area contributed by atoms with Gasteiger partial charge in [0.25, 0.3) is 5.78 Å². The quantitative estimate of drug-likeness (QED) is 0.0612. The summed E-state index contributed by atoms with van der Waals surface area (Å²) in [6.07, 6.45) is 0.859. The van der Waals surface area contributed by atoms with Crippen molar-refractivity contribution in [3.8, 4) is 11.5 Å². The molecule has 11 heteroatoms. The first-order chi connectivity index (χ1) is 20.4. The van der Waals surface area contributed by atoms with Crippen molar-refractivity contribution in [1.29, 1.82) is 0 Å². The van der Waals surface area contributed by atoms with Gasteiger partial charge in [0, 0.05) is 16.3 Å². The predicted molar refractivity (Wildman–Crippen MR) is 166 cm³/mol. The van der Waals surface area contributed by atoms with Gasteiger partial charge in [0.15, 0.2) is 4.34 Å². The van der Waals surface area contributed by atoms with Crippen LogP contribution in [0.15, 0.2) is 82.7 Å². The molecular weight excluding hydrogens is 594 g/mol. The van der Waals surface area contributed by atoms with E-state index in [0.717, 1.165) is 12.0 Å². The van der Waals surface area contributed by atoms with Gasteiger partial charge >= 0.3 is 5.91 Å². The van der Waals surface area contributed by atoms with Crippen LogP contribution in [0.1, 0.15) is 43.0 Å². The summed E-state index contributed by atoms with van der Waals surface area (Å²) in [5.74, 6) is -0.124. The smallest absolute Gasteiger partial charge is 0.301 e. The van der Waals surface area contributed by atoms with E-state index in [1.807, 2.05) is 38.1 Å². The Kier molecular flexibility index (Phi) is 9.46.